The van der Waals surface area contributed by atoms with Crippen molar-refractivity contribution in [1.82, 2.24) is 0 Å². The highest BCUT2D eigenvalue weighted by Gasteiger charge is 2.14. The molecule has 1 aromatic carbocycles. The van der Waals surface area contributed by atoms with Crippen molar-refractivity contribution < 1.29 is 13.9 Å². The normalized spacial score (nSPS) is 16.5. The molecule has 0 spiro atoms. The van der Waals surface area contributed by atoms with Crippen molar-refractivity contribution >= 4 is 5.57 Å². The number of rotatable bonds is 1. The summed E-state index contributed by atoms with van der Waals surface area (Å²) in [5.74, 6) is -0.724. The van der Waals surface area contributed by atoms with Gasteiger partial charge in [-0.05, 0) is 29.7 Å². The minimum atomic E-state index is -0.439. The fraction of sp³-hybridized carbons (Fsp3) is 0.167. The Morgan fingerprint density at radius 2 is 1.67 bits per heavy atom. The SMILES string of the molecule is OC1=CC(F)=C(c2ccc(F)cc2)CC1. The highest BCUT2D eigenvalue weighted by molar-refractivity contribution is 5.70. The van der Waals surface area contributed by atoms with E-state index in [1.54, 1.807) is 12.1 Å². The van der Waals surface area contributed by atoms with Crippen molar-refractivity contribution in [2.45, 2.75) is 12.8 Å². The Bertz CT molecular complexity index is 429. The van der Waals surface area contributed by atoms with Crippen LogP contribution in [0.4, 0.5) is 8.78 Å². The second-order valence-electron chi connectivity index (χ2n) is 3.47. The molecule has 0 unspecified atom stereocenters. The third-order valence-corrected chi connectivity index (χ3v) is 2.41. The Balaban J connectivity index is 2.39. The molecule has 78 valence electrons. The quantitative estimate of drug-likeness (QED) is 0.745. The summed E-state index contributed by atoms with van der Waals surface area (Å²) in [6.45, 7) is 0. The second-order valence-corrected chi connectivity index (χ2v) is 3.47. The molecule has 0 saturated carbocycles. The molecule has 1 N–H and O–H groups in total. The smallest absolute Gasteiger partial charge is 0.130 e. The molecule has 1 aliphatic rings. The Kier molecular flexibility index (Phi) is 2.54. The maximum absolute atomic E-state index is 13.4. The molecule has 1 nitrogen and oxygen atoms in total. The number of benzene rings is 1. The first-order valence-electron chi connectivity index (χ1n) is 4.71. The number of halogens is 2. The number of aliphatic hydroxyl groups excluding tert-OH is 1. The molecule has 3 heteroatoms. The van der Waals surface area contributed by atoms with Gasteiger partial charge in [0.1, 0.15) is 11.6 Å². The van der Waals surface area contributed by atoms with Gasteiger partial charge in [-0.2, -0.15) is 0 Å². The van der Waals surface area contributed by atoms with Gasteiger partial charge in [0.05, 0.1) is 5.76 Å². The zero-order valence-electron chi connectivity index (χ0n) is 8.00. The van der Waals surface area contributed by atoms with Gasteiger partial charge >= 0.3 is 0 Å². The van der Waals surface area contributed by atoms with Gasteiger partial charge in [0.15, 0.2) is 0 Å². The fourth-order valence-corrected chi connectivity index (χ4v) is 1.61. The Labute approximate surface area is 86.4 Å². The highest BCUT2D eigenvalue weighted by atomic mass is 19.1. The number of aliphatic hydroxyl groups is 1. The van der Waals surface area contributed by atoms with Gasteiger partial charge in [0.25, 0.3) is 0 Å². The van der Waals surface area contributed by atoms with Gasteiger partial charge in [-0.3, -0.25) is 0 Å². The van der Waals surface area contributed by atoms with Gasteiger partial charge < -0.3 is 5.11 Å². The highest BCUT2D eigenvalue weighted by Crippen LogP contribution is 2.31. The van der Waals surface area contributed by atoms with Crippen molar-refractivity contribution in [3.05, 3.63) is 53.3 Å². The summed E-state index contributed by atoms with van der Waals surface area (Å²) < 4.78 is 26.1. The molecule has 0 aliphatic heterocycles. The zero-order chi connectivity index (χ0) is 10.8. The Morgan fingerprint density at radius 3 is 2.27 bits per heavy atom. The van der Waals surface area contributed by atoms with Crippen molar-refractivity contribution in [3.8, 4) is 0 Å². The van der Waals surface area contributed by atoms with E-state index in [1.165, 1.54) is 12.1 Å². The molecule has 1 aliphatic carbocycles. The summed E-state index contributed by atoms with van der Waals surface area (Å²) in [5.41, 5.74) is 1.19. The molecule has 0 saturated heterocycles. The van der Waals surface area contributed by atoms with Crippen LogP contribution < -0.4 is 0 Å². The lowest BCUT2D eigenvalue weighted by Crippen LogP contribution is -1.96. The van der Waals surface area contributed by atoms with Crippen LogP contribution in [-0.2, 0) is 0 Å². The van der Waals surface area contributed by atoms with E-state index in [0.29, 0.717) is 24.0 Å². The molecule has 0 fully saturated rings. The fourth-order valence-electron chi connectivity index (χ4n) is 1.61. The maximum atomic E-state index is 13.4. The van der Waals surface area contributed by atoms with E-state index >= 15 is 0 Å². The maximum Gasteiger partial charge on any atom is 0.130 e. The predicted molar refractivity (Wildman–Crippen MR) is 54.4 cm³/mol. The van der Waals surface area contributed by atoms with Gasteiger partial charge in [0.2, 0.25) is 0 Å². The van der Waals surface area contributed by atoms with Crippen LogP contribution in [0, 0.1) is 5.82 Å². The first-order valence-corrected chi connectivity index (χ1v) is 4.71. The van der Waals surface area contributed by atoms with Crippen LogP contribution in [0.1, 0.15) is 18.4 Å². The lowest BCUT2D eigenvalue weighted by atomic mass is 9.96. The van der Waals surface area contributed by atoms with Crippen LogP contribution in [0.15, 0.2) is 41.9 Å². The molecule has 0 radical (unpaired) electrons. The summed E-state index contributed by atoms with van der Waals surface area (Å²) in [6.07, 6.45) is 1.99. The third kappa shape index (κ3) is 2.06. The molecular weight excluding hydrogens is 198 g/mol. The van der Waals surface area contributed by atoms with E-state index in [2.05, 4.69) is 0 Å². The molecule has 0 amide bonds. The van der Waals surface area contributed by atoms with Gasteiger partial charge in [-0.15, -0.1) is 0 Å². The van der Waals surface area contributed by atoms with E-state index in [-0.39, 0.29) is 11.6 Å². The van der Waals surface area contributed by atoms with Crippen LogP contribution in [0.25, 0.3) is 5.57 Å². The van der Waals surface area contributed by atoms with Crippen LogP contribution in [0.5, 0.6) is 0 Å². The number of hydrogen-bond donors (Lipinski definition) is 1. The molecule has 15 heavy (non-hydrogen) atoms. The second kappa shape index (κ2) is 3.85. The van der Waals surface area contributed by atoms with E-state index in [4.69, 9.17) is 5.11 Å². The summed E-state index contributed by atoms with van der Waals surface area (Å²) in [6, 6.07) is 5.68. The minimum Gasteiger partial charge on any atom is -0.512 e. The average Bonchev–Trinajstić information content (AvgIpc) is 2.20. The van der Waals surface area contributed by atoms with Crippen molar-refractivity contribution in [2.24, 2.45) is 0 Å². The van der Waals surface area contributed by atoms with Crippen LogP contribution >= 0.6 is 0 Å². The van der Waals surface area contributed by atoms with Crippen molar-refractivity contribution in [2.75, 3.05) is 0 Å². The van der Waals surface area contributed by atoms with Crippen LogP contribution in [0.3, 0.4) is 0 Å². The average molecular weight is 208 g/mol. The van der Waals surface area contributed by atoms with E-state index < -0.39 is 5.83 Å². The summed E-state index contributed by atoms with van der Waals surface area (Å²) in [5, 5.41) is 9.12. The third-order valence-electron chi connectivity index (χ3n) is 2.41. The van der Waals surface area contributed by atoms with Crippen LogP contribution in [0.2, 0.25) is 0 Å². The van der Waals surface area contributed by atoms with Gasteiger partial charge in [-0.1, -0.05) is 12.1 Å². The first kappa shape index (κ1) is 9.90. The van der Waals surface area contributed by atoms with E-state index in [1.807, 2.05) is 0 Å². The topological polar surface area (TPSA) is 20.2 Å². The summed E-state index contributed by atoms with van der Waals surface area (Å²) in [7, 11) is 0. The molecule has 1 aromatic rings. The lowest BCUT2D eigenvalue weighted by Gasteiger charge is -2.13. The standard InChI is InChI=1S/C12H10F2O/c13-9-3-1-8(2-4-9)11-6-5-10(15)7-12(11)14/h1-4,7,15H,5-6H2. The first-order chi connectivity index (χ1) is 7.16. The van der Waals surface area contributed by atoms with E-state index in [0.717, 1.165) is 6.08 Å². The molecule has 0 bridgehead atoms. The Hall–Kier alpha value is -1.64. The van der Waals surface area contributed by atoms with Crippen molar-refractivity contribution in [1.29, 1.82) is 0 Å². The van der Waals surface area contributed by atoms with E-state index in [9.17, 15) is 8.78 Å². The summed E-state index contributed by atoms with van der Waals surface area (Å²) >= 11 is 0. The molecule has 0 heterocycles. The monoisotopic (exact) mass is 208 g/mol. The molecule has 2 rings (SSSR count). The largest absolute Gasteiger partial charge is 0.512 e. The molecule has 0 atom stereocenters. The summed E-state index contributed by atoms with van der Waals surface area (Å²) in [4.78, 5) is 0. The molecule has 0 aromatic heterocycles. The van der Waals surface area contributed by atoms with Gasteiger partial charge in [0, 0.05) is 12.5 Å². The van der Waals surface area contributed by atoms with Crippen molar-refractivity contribution in [3.63, 3.8) is 0 Å². The van der Waals surface area contributed by atoms with Crippen LogP contribution in [-0.4, -0.2) is 5.11 Å². The lowest BCUT2D eigenvalue weighted by molar-refractivity contribution is 0.383. The minimum absolute atomic E-state index is 0.0540. The number of hydrogen-bond acceptors (Lipinski definition) is 1. The number of allylic oxidation sites excluding steroid dienone is 4. The predicted octanol–water partition coefficient (Wildman–Crippen LogP) is 3.74. The Morgan fingerprint density at radius 1 is 1.00 bits per heavy atom. The molecular formula is C12H10F2O. The zero-order valence-corrected chi connectivity index (χ0v) is 8.00. The van der Waals surface area contributed by atoms with Gasteiger partial charge in [-0.25, -0.2) is 8.78 Å².